The highest BCUT2D eigenvalue weighted by Gasteiger charge is 2.45. The van der Waals surface area contributed by atoms with Crippen LogP contribution in [0.1, 0.15) is 24.8 Å². The van der Waals surface area contributed by atoms with Crippen LogP contribution < -0.4 is 15.5 Å². The van der Waals surface area contributed by atoms with Gasteiger partial charge < -0.3 is 15.5 Å². The van der Waals surface area contributed by atoms with Crippen molar-refractivity contribution >= 4 is 17.7 Å². The van der Waals surface area contributed by atoms with Crippen molar-refractivity contribution in [2.75, 3.05) is 30.4 Å². The van der Waals surface area contributed by atoms with Crippen molar-refractivity contribution in [1.82, 2.24) is 15.3 Å². The van der Waals surface area contributed by atoms with Gasteiger partial charge in [-0.3, -0.25) is 4.79 Å². The van der Waals surface area contributed by atoms with Gasteiger partial charge in [-0.1, -0.05) is 0 Å². The third-order valence-electron chi connectivity index (χ3n) is 4.04. The Morgan fingerprint density at radius 1 is 1.50 bits per heavy atom. The molecule has 2 N–H and O–H groups in total. The minimum atomic E-state index is -0.0146. The number of aromatic nitrogens is 2. The summed E-state index contributed by atoms with van der Waals surface area (Å²) in [6.45, 7) is 1.57. The first kappa shape index (κ1) is 12.7. The summed E-state index contributed by atoms with van der Waals surface area (Å²) in [4.78, 5) is 21.7. The monoisotopic (exact) mass is 272 g/mol. The Bertz CT molecular complexity index is 575. The molecule has 0 radical (unpaired) electrons. The smallest absolute Gasteiger partial charge is 0.224 e. The molecule has 1 aromatic heterocycles. The van der Waals surface area contributed by atoms with Crippen molar-refractivity contribution in [2.45, 2.75) is 24.8 Å². The van der Waals surface area contributed by atoms with E-state index in [4.69, 9.17) is 0 Å². The summed E-state index contributed by atoms with van der Waals surface area (Å²) in [6.07, 6.45) is 3.95. The van der Waals surface area contributed by atoms with Crippen LogP contribution in [0.15, 0.2) is 6.20 Å². The average molecular weight is 272 g/mol. The van der Waals surface area contributed by atoms with E-state index in [1.165, 1.54) is 0 Å². The molecule has 2 fully saturated rings. The summed E-state index contributed by atoms with van der Waals surface area (Å²) in [6, 6.07) is 2.14. The number of rotatable bonds is 2. The number of nitrogens with zero attached hydrogens (tertiary/aromatic N) is 4. The Morgan fingerprint density at radius 3 is 2.75 bits per heavy atom. The molecule has 104 valence electrons. The molecule has 3 rings (SSSR count). The van der Waals surface area contributed by atoms with Crippen molar-refractivity contribution in [1.29, 1.82) is 5.26 Å². The number of nitrogens with one attached hydrogen (secondary N) is 2. The first-order valence-electron chi connectivity index (χ1n) is 6.67. The van der Waals surface area contributed by atoms with E-state index in [9.17, 15) is 10.1 Å². The maximum atomic E-state index is 11.1. The molecule has 2 aliphatic rings. The van der Waals surface area contributed by atoms with E-state index in [1.807, 2.05) is 0 Å². The van der Waals surface area contributed by atoms with Gasteiger partial charge in [-0.05, 0) is 12.8 Å². The molecule has 0 unspecified atom stereocenters. The second-order valence-corrected chi connectivity index (χ2v) is 5.29. The quantitative estimate of drug-likeness (QED) is 0.749. The van der Waals surface area contributed by atoms with Crippen LogP contribution in [0.4, 0.5) is 11.8 Å². The van der Waals surface area contributed by atoms with Gasteiger partial charge in [0.1, 0.15) is 11.6 Å². The number of anilines is 2. The molecule has 0 saturated carbocycles. The maximum Gasteiger partial charge on any atom is 0.224 e. The highest BCUT2D eigenvalue weighted by Crippen LogP contribution is 2.34. The number of nitriles is 1. The van der Waals surface area contributed by atoms with E-state index in [1.54, 1.807) is 13.2 Å². The van der Waals surface area contributed by atoms with E-state index in [0.29, 0.717) is 23.8 Å². The second kappa shape index (κ2) is 4.63. The number of carbonyl (C=O) groups is 1. The van der Waals surface area contributed by atoms with Gasteiger partial charge in [0.15, 0.2) is 5.82 Å². The molecule has 0 atom stereocenters. The Balaban J connectivity index is 1.77. The molecule has 0 aliphatic carbocycles. The predicted molar refractivity (Wildman–Crippen MR) is 73.2 cm³/mol. The lowest BCUT2D eigenvalue weighted by Crippen LogP contribution is -2.65. The minimum absolute atomic E-state index is 0.0146. The van der Waals surface area contributed by atoms with Crippen molar-refractivity contribution in [2.24, 2.45) is 0 Å². The van der Waals surface area contributed by atoms with E-state index in [-0.39, 0.29) is 11.4 Å². The standard InChI is InChI=1S/C13H16N6O/c1-15-12-16-8-9(7-14)11(17-12)19-4-2-13(3-5-19)6-10(20)18-13/h8H,2-6H2,1H3,(H,18,20)(H,15,16,17). The normalized spacial score (nSPS) is 20.0. The molecule has 1 aromatic rings. The first-order valence-corrected chi connectivity index (χ1v) is 6.67. The van der Waals surface area contributed by atoms with Gasteiger partial charge in [0.2, 0.25) is 11.9 Å². The first-order chi connectivity index (χ1) is 9.65. The van der Waals surface area contributed by atoms with Crippen molar-refractivity contribution in [3.05, 3.63) is 11.8 Å². The number of piperidine rings is 1. The van der Waals surface area contributed by atoms with Crippen LogP contribution in [-0.2, 0) is 4.79 Å². The van der Waals surface area contributed by atoms with E-state index < -0.39 is 0 Å². The van der Waals surface area contributed by atoms with Crippen LogP contribution in [0, 0.1) is 11.3 Å². The third kappa shape index (κ3) is 2.03. The van der Waals surface area contributed by atoms with E-state index in [2.05, 4.69) is 31.6 Å². The van der Waals surface area contributed by atoms with E-state index in [0.717, 1.165) is 25.9 Å². The Morgan fingerprint density at radius 2 is 2.20 bits per heavy atom. The highest BCUT2D eigenvalue weighted by molar-refractivity contribution is 5.84. The zero-order valence-electron chi connectivity index (χ0n) is 11.3. The minimum Gasteiger partial charge on any atom is -0.357 e. The van der Waals surface area contributed by atoms with Crippen LogP contribution >= 0.6 is 0 Å². The molecule has 3 heterocycles. The summed E-state index contributed by atoms with van der Waals surface area (Å²) >= 11 is 0. The molecule has 0 aromatic carbocycles. The average Bonchev–Trinajstić information content (AvgIpc) is 2.46. The number of β-lactam (4-membered cyclic amide) rings is 1. The summed E-state index contributed by atoms with van der Waals surface area (Å²) in [5.74, 6) is 1.32. The van der Waals surface area contributed by atoms with Gasteiger partial charge in [0, 0.05) is 26.6 Å². The summed E-state index contributed by atoms with van der Waals surface area (Å²) in [5.41, 5.74) is 0.469. The van der Waals surface area contributed by atoms with Gasteiger partial charge in [-0.25, -0.2) is 4.98 Å². The molecule has 7 nitrogen and oxygen atoms in total. The third-order valence-corrected chi connectivity index (χ3v) is 4.04. The largest absolute Gasteiger partial charge is 0.357 e. The Labute approximate surface area is 117 Å². The molecule has 0 bridgehead atoms. The fourth-order valence-corrected chi connectivity index (χ4v) is 2.85. The Hall–Kier alpha value is -2.36. The van der Waals surface area contributed by atoms with Crippen molar-refractivity contribution in [3.63, 3.8) is 0 Å². The number of hydrogen-bond donors (Lipinski definition) is 2. The van der Waals surface area contributed by atoms with Crippen LogP contribution in [0.5, 0.6) is 0 Å². The van der Waals surface area contributed by atoms with Crippen molar-refractivity contribution in [3.8, 4) is 6.07 Å². The molecule has 1 spiro atoms. The van der Waals surface area contributed by atoms with Crippen molar-refractivity contribution < 1.29 is 4.79 Å². The summed E-state index contributed by atoms with van der Waals surface area (Å²) in [7, 11) is 1.75. The van der Waals surface area contributed by atoms with Crippen LogP contribution in [-0.4, -0.2) is 41.6 Å². The highest BCUT2D eigenvalue weighted by atomic mass is 16.2. The predicted octanol–water partition coefficient (Wildman–Crippen LogP) is 0.249. The molecule has 2 aliphatic heterocycles. The molecule has 7 heteroatoms. The zero-order valence-corrected chi connectivity index (χ0v) is 11.3. The van der Waals surface area contributed by atoms with Crippen LogP contribution in [0.25, 0.3) is 0 Å². The lowest BCUT2D eigenvalue weighted by Gasteiger charge is -2.48. The number of amides is 1. The molecular formula is C13H16N6O. The van der Waals surface area contributed by atoms with Crippen LogP contribution in [0.3, 0.4) is 0 Å². The summed E-state index contributed by atoms with van der Waals surface area (Å²) in [5, 5.41) is 15.1. The molecule has 1 amide bonds. The van der Waals surface area contributed by atoms with Gasteiger partial charge in [0.05, 0.1) is 11.7 Å². The number of carbonyl (C=O) groups excluding carboxylic acids is 1. The Kier molecular flexibility index (Phi) is 2.93. The molecular weight excluding hydrogens is 256 g/mol. The van der Waals surface area contributed by atoms with Gasteiger partial charge in [-0.15, -0.1) is 0 Å². The van der Waals surface area contributed by atoms with Crippen LogP contribution in [0.2, 0.25) is 0 Å². The van der Waals surface area contributed by atoms with Gasteiger partial charge >= 0.3 is 0 Å². The lowest BCUT2D eigenvalue weighted by molar-refractivity contribution is -0.133. The molecule has 2 saturated heterocycles. The summed E-state index contributed by atoms with van der Waals surface area (Å²) < 4.78 is 0. The topological polar surface area (TPSA) is 93.9 Å². The fourth-order valence-electron chi connectivity index (χ4n) is 2.85. The number of hydrogen-bond acceptors (Lipinski definition) is 6. The maximum absolute atomic E-state index is 11.1. The van der Waals surface area contributed by atoms with Gasteiger partial charge in [-0.2, -0.15) is 10.2 Å². The lowest BCUT2D eigenvalue weighted by atomic mass is 9.78. The second-order valence-electron chi connectivity index (χ2n) is 5.29. The SMILES string of the molecule is CNc1ncc(C#N)c(N2CCC3(CC2)CC(=O)N3)n1. The fraction of sp³-hybridized carbons (Fsp3) is 0.538. The van der Waals surface area contributed by atoms with E-state index >= 15 is 0 Å². The zero-order chi connectivity index (χ0) is 14.2. The molecule has 20 heavy (non-hydrogen) atoms. The van der Waals surface area contributed by atoms with Gasteiger partial charge in [0.25, 0.3) is 0 Å².